The largest absolute Gasteiger partial charge is 0.395 e. The molecule has 1 rings (SSSR count). The third-order valence-electron chi connectivity index (χ3n) is 5.83. The zero-order valence-corrected chi connectivity index (χ0v) is 19.5. The summed E-state index contributed by atoms with van der Waals surface area (Å²) in [6, 6.07) is 10.6. The molecule has 0 saturated carbocycles. The lowest BCUT2D eigenvalue weighted by atomic mass is 10.0. The SMILES string of the molecule is CCCCCCCCCCCC(CCNC(CO)CCCN)OCc1ccccc1. The summed E-state index contributed by atoms with van der Waals surface area (Å²) in [7, 11) is 0. The van der Waals surface area contributed by atoms with Gasteiger partial charge in [0.2, 0.25) is 0 Å². The zero-order chi connectivity index (χ0) is 21.7. The van der Waals surface area contributed by atoms with E-state index >= 15 is 0 Å². The Kier molecular flexibility index (Phi) is 18.1. The standard InChI is InChI=1S/C26H48N2O2/c1-2-3-4-5-6-7-8-9-13-18-26(30-23-24-15-11-10-12-16-24)19-21-28-25(22-29)17-14-20-27/h10-12,15-16,25-26,28-29H,2-9,13-14,17-23,27H2,1H3. The highest BCUT2D eigenvalue weighted by Crippen LogP contribution is 2.15. The molecule has 4 nitrogen and oxygen atoms in total. The van der Waals surface area contributed by atoms with Crippen LogP contribution >= 0.6 is 0 Å². The van der Waals surface area contributed by atoms with E-state index in [-0.39, 0.29) is 18.8 Å². The molecular formula is C26H48N2O2. The van der Waals surface area contributed by atoms with Crippen molar-refractivity contribution < 1.29 is 9.84 Å². The Hall–Kier alpha value is -0.940. The summed E-state index contributed by atoms with van der Waals surface area (Å²) in [6.45, 7) is 4.69. The molecule has 0 aliphatic carbocycles. The van der Waals surface area contributed by atoms with Gasteiger partial charge in [-0.25, -0.2) is 0 Å². The van der Waals surface area contributed by atoms with E-state index in [1.807, 2.05) is 6.07 Å². The summed E-state index contributed by atoms with van der Waals surface area (Å²) in [5, 5.41) is 13.0. The second kappa shape index (κ2) is 20.0. The van der Waals surface area contributed by atoms with Crippen LogP contribution in [0.25, 0.3) is 0 Å². The highest BCUT2D eigenvalue weighted by atomic mass is 16.5. The molecule has 0 aliphatic heterocycles. The Morgan fingerprint density at radius 2 is 1.53 bits per heavy atom. The number of nitrogens with two attached hydrogens (primary N) is 1. The Balaban J connectivity index is 2.27. The molecule has 0 heterocycles. The first-order chi connectivity index (χ1) is 14.8. The van der Waals surface area contributed by atoms with Crippen LogP contribution in [0.5, 0.6) is 0 Å². The summed E-state index contributed by atoms with van der Waals surface area (Å²) in [6.07, 6.45) is 16.4. The van der Waals surface area contributed by atoms with E-state index in [4.69, 9.17) is 10.5 Å². The number of aliphatic hydroxyl groups excluding tert-OH is 1. The molecule has 4 heteroatoms. The maximum absolute atomic E-state index is 9.53. The molecule has 4 N–H and O–H groups in total. The fourth-order valence-corrected chi connectivity index (χ4v) is 3.85. The van der Waals surface area contributed by atoms with Crippen LogP contribution in [0.15, 0.2) is 30.3 Å². The fourth-order valence-electron chi connectivity index (χ4n) is 3.85. The number of hydrogen-bond acceptors (Lipinski definition) is 4. The first-order valence-electron chi connectivity index (χ1n) is 12.5. The number of hydrogen-bond donors (Lipinski definition) is 3. The van der Waals surface area contributed by atoms with E-state index in [9.17, 15) is 5.11 Å². The molecule has 0 saturated heterocycles. The molecule has 1 aromatic rings. The summed E-state index contributed by atoms with van der Waals surface area (Å²) in [5.41, 5.74) is 6.83. The van der Waals surface area contributed by atoms with Gasteiger partial charge in [0.25, 0.3) is 0 Å². The molecule has 0 radical (unpaired) electrons. The van der Waals surface area contributed by atoms with E-state index < -0.39 is 0 Å². The van der Waals surface area contributed by atoms with E-state index in [0.717, 1.165) is 32.2 Å². The highest BCUT2D eigenvalue weighted by molar-refractivity contribution is 5.13. The van der Waals surface area contributed by atoms with Gasteiger partial charge in [-0.3, -0.25) is 0 Å². The quantitative estimate of drug-likeness (QED) is 0.227. The van der Waals surface area contributed by atoms with Gasteiger partial charge in [-0.15, -0.1) is 0 Å². The molecule has 0 aromatic heterocycles. The number of benzene rings is 1. The Morgan fingerprint density at radius 1 is 0.867 bits per heavy atom. The van der Waals surface area contributed by atoms with Gasteiger partial charge in [0.05, 0.1) is 19.3 Å². The Labute approximate surface area is 186 Å². The maximum atomic E-state index is 9.53. The van der Waals surface area contributed by atoms with Gasteiger partial charge in [-0.1, -0.05) is 95.0 Å². The van der Waals surface area contributed by atoms with Crippen molar-refractivity contribution >= 4 is 0 Å². The molecule has 0 spiro atoms. The van der Waals surface area contributed by atoms with E-state index in [1.165, 1.54) is 63.4 Å². The summed E-state index contributed by atoms with van der Waals surface area (Å²) in [4.78, 5) is 0. The predicted molar refractivity (Wildman–Crippen MR) is 129 cm³/mol. The molecule has 0 aliphatic rings. The summed E-state index contributed by atoms with van der Waals surface area (Å²) >= 11 is 0. The van der Waals surface area contributed by atoms with Gasteiger partial charge < -0.3 is 20.9 Å². The second-order valence-electron chi connectivity index (χ2n) is 8.59. The van der Waals surface area contributed by atoms with Gasteiger partial charge >= 0.3 is 0 Å². The van der Waals surface area contributed by atoms with E-state index in [2.05, 4.69) is 36.5 Å². The molecule has 2 atom stereocenters. The fraction of sp³-hybridized carbons (Fsp3) is 0.769. The predicted octanol–water partition coefficient (Wildman–Crippen LogP) is 5.57. The van der Waals surface area contributed by atoms with Crippen molar-refractivity contribution in [2.24, 2.45) is 5.73 Å². The number of aliphatic hydroxyl groups is 1. The monoisotopic (exact) mass is 420 g/mol. The number of ether oxygens (including phenoxy) is 1. The average molecular weight is 421 g/mol. The first kappa shape index (κ1) is 27.1. The minimum Gasteiger partial charge on any atom is -0.395 e. The van der Waals surface area contributed by atoms with Crippen LogP contribution < -0.4 is 11.1 Å². The summed E-state index contributed by atoms with van der Waals surface area (Å²) < 4.78 is 6.27. The van der Waals surface area contributed by atoms with Gasteiger partial charge in [0, 0.05) is 6.04 Å². The zero-order valence-electron chi connectivity index (χ0n) is 19.5. The molecule has 0 fully saturated rings. The number of unbranched alkanes of at least 4 members (excludes halogenated alkanes) is 8. The molecule has 0 bridgehead atoms. The highest BCUT2D eigenvalue weighted by Gasteiger charge is 2.12. The molecule has 1 aromatic carbocycles. The smallest absolute Gasteiger partial charge is 0.0720 e. The molecule has 0 amide bonds. The Bertz CT molecular complexity index is 469. The topological polar surface area (TPSA) is 67.5 Å². The van der Waals surface area contributed by atoms with Crippen LogP contribution in [-0.2, 0) is 11.3 Å². The molecular weight excluding hydrogens is 372 g/mol. The van der Waals surface area contributed by atoms with Crippen molar-refractivity contribution in [3.05, 3.63) is 35.9 Å². The van der Waals surface area contributed by atoms with Crippen LogP contribution in [0.4, 0.5) is 0 Å². The van der Waals surface area contributed by atoms with Gasteiger partial charge in [-0.2, -0.15) is 0 Å². The van der Waals surface area contributed by atoms with E-state index in [1.54, 1.807) is 0 Å². The van der Waals surface area contributed by atoms with E-state index in [0.29, 0.717) is 13.2 Å². The van der Waals surface area contributed by atoms with Crippen LogP contribution in [0.3, 0.4) is 0 Å². The molecule has 30 heavy (non-hydrogen) atoms. The van der Waals surface area contributed by atoms with Crippen LogP contribution in [0.1, 0.15) is 96.0 Å². The van der Waals surface area contributed by atoms with Crippen molar-refractivity contribution in [2.75, 3.05) is 19.7 Å². The molecule has 174 valence electrons. The first-order valence-corrected chi connectivity index (χ1v) is 12.5. The normalized spacial score (nSPS) is 13.4. The summed E-state index contributed by atoms with van der Waals surface area (Å²) in [5.74, 6) is 0. The Morgan fingerprint density at radius 3 is 2.17 bits per heavy atom. The number of rotatable bonds is 21. The van der Waals surface area contributed by atoms with Gasteiger partial charge in [-0.05, 0) is 44.3 Å². The minimum atomic E-state index is 0.149. The van der Waals surface area contributed by atoms with Crippen LogP contribution in [0.2, 0.25) is 0 Å². The third kappa shape index (κ3) is 15.0. The molecule has 2 unspecified atom stereocenters. The lowest BCUT2D eigenvalue weighted by Crippen LogP contribution is -2.35. The van der Waals surface area contributed by atoms with Crippen LogP contribution in [-0.4, -0.2) is 36.9 Å². The van der Waals surface area contributed by atoms with Crippen LogP contribution in [0, 0.1) is 0 Å². The number of nitrogens with one attached hydrogen (secondary N) is 1. The van der Waals surface area contributed by atoms with Crippen molar-refractivity contribution in [1.29, 1.82) is 0 Å². The van der Waals surface area contributed by atoms with Crippen molar-refractivity contribution in [2.45, 2.75) is 109 Å². The minimum absolute atomic E-state index is 0.149. The lowest BCUT2D eigenvalue weighted by molar-refractivity contribution is 0.0271. The lowest BCUT2D eigenvalue weighted by Gasteiger charge is -2.21. The van der Waals surface area contributed by atoms with Gasteiger partial charge in [0.1, 0.15) is 0 Å². The average Bonchev–Trinajstić information content (AvgIpc) is 2.78. The van der Waals surface area contributed by atoms with Gasteiger partial charge in [0.15, 0.2) is 0 Å². The third-order valence-corrected chi connectivity index (χ3v) is 5.83. The van der Waals surface area contributed by atoms with Crippen molar-refractivity contribution in [1.82, 2.24) is 5.32 Å². The maximum Gasteiger partial charge on any atom is 0.0720 e. The van der Waals surface area contributed by atoms with Crippen molar-refractivity contribution in [3.63, 3.8) is 0 Å². The second-order valence-corrected chi connectivity index (χ2v) is 8.59. The van der Waals surface area contributed by atoms with Crippen molar-refractivity contribution in [3.8, 4) is 0 Å².